The van der Waals surface area contributed by atoms with Crippen molar-refractivity contribution in [2.45, 2.75) is 64.2 Å². The molecule has 1 aromatic carbocycles. The minimum absolute atomic E-state index is 0. The minimum Gasteiger partial charge on any atom is -0.344 e. The third kappa shape index (κ3) is 6.33. The van der Waals surface area contributed by atoms with Crippen LogP contribution in [0.2, 0.25) is 0 Å². The third-order valence-corrected chi connectivity index (χ3v) is 4.25. The zero-order valence-corrected chi connectivity index (χ0v) is 12.7. The van der Waals surface area contributed by atoms with Crippen LogP contribution < -0.4 is 6.15 Å². The zero-order chi connectivity index (χ0) is 13.3. The monoisotopic (exact) mass is 275 g/mol. The molecule has 0 atom stereocenters. The van der Waals surface area contributed by atoms with Gasteiger partial charge in [0.2, 0.25) is 0 Å². The first kappa shape index (κ1) is 16.9. The van der Waals surface area contributed by atoms with Gasteiger partial charge in [0.25, 0.3) is 0 Å². The molecule has 20 heavy (non-hydrogen) atoms. The highest BCUT2D eigenvalue weighted by Gasteiger charge is 2.16. The van der Waals surface area contributed by atoms with Gasteiger partial charge in [-0.2, -0.15) is 0 Å². The molecule has 0 aromatic heterocycles. The molecule has 0 unspecified atom stereocenters. The van der Waals surface area contributed by atoms with Crippen molar-refractivity contribution < 1.29 is 4.79 Å². The fourth-order valence-electron chi connectivity index (χ4n) is 3.11. The van der Waals surface area contributed by atoms with Gasteiger partial charge in [-0.1, -0.05) is 62.4 Å². The van der Waals surface area contributed by atoms with Crippen LogP contribution in [0.25, 0.3) is 0 Å². The number of benzene rings is 1. The van der Waals surface area contributed by atoms with E-state index < -0.39 is 0 Å². The molecule has 0 radical (unpaired) electrons. The molecule has 1 aromatic rings. The summed E-state index contributed by atoms with van der Waals surface area (Å²) in [5, 5.41) is 0. The Morgan fingerprint density at radius 2 is 1.70 bits per heavy atom. The van der Waals surface area contributed by atoms with Gasteiger partial charge in [0.05, 0.1) is 0 Å². The number of hydrogen-bond acceptors (Lipinski definition) is 2. The lowest BCUT2D eigenvalue weighted by atomic mass is 9.85. The summed E-state index contributed by atoms with van der Waals surface area (Å²) in [6, 6.07) is 10.6. The molecule has 112 valence electrons. The summed E-state index contributed by atoms with van der Waals surface area (Å²) in [6.07, 6.45) is 11.6. The summed E-state index contributed by atoms with van der Waals surface area (Å²) in [5.74, 6) is 1.20. The van der Waals surface area contributed by atoms with Gasteiger partial charge in [0.15, 0.2) is 0 Å². The topological polar surface area (TPSA) is 52.1 Å². The fourth-order valence-corrected chi connectivity index (χ4v) is 3.11. The van der Waals surface area contributed by atoms with Gasteiger partial charge in [-0.15, -0.1) is 0 Å². The highest BCUT2D eigenvalue weighted by atomic mass is 16.1. The molecule has 0 heterocycles. The van der Waals surface area contributed by atoms with Gasteiger partial charge in [0.1, 0.15) is 5.78 Å². The lowest BCUT2D eigenvalue weighted by molar-refractivity contribution is -0.120. The molecular formula is C18H29NO. The van der Waals surface area contributed by atoms with Gasteiger partial charge in [-0.25, -0.2) is 0 Å². The van der Waals surface area contributed by atoms with E-state index in [9.17, 15) is 4.79 Å². The molecular weight excluding hydrogens is 246 g/mol. The van der Waals surface area contributed by atoms with E-state index in [1.165, 1.54) is 37.7 Å². The van der Waals surface area contributed by atoms with Crippen molar-refractivity contribution in [3.63, 3.8) is 0 Å². The summed E-state index contributed by atoms with van der Waals surface area (Å²) in [5.41, 5.74) is 1.39. The number of carbonyl (C=O) groups is 1. The summed E-state index contributed by atoms with van der Waals surface area (Å²) in [4.78, 5) is 11.9. The third-order valence-electron chi connectivity index (χ3n) is 4.25. The van der Waals surface area contributed by atoms with Crippen LogP contribution in [-0.4, -0.2) is 5.78 Å². The maximum Gasteiger partial charge on any atom is 0.133 e. The van der Waals surface area contributed by atoms with E-state index in [2.05, 4.69) is 30.3 Å². The molecule has 1 aliphatic carbocycles. The summed E-state index contributed by atoms with van der Waals surface area (Å²) < 4.78 is 0. The highest BCUT2D eigenvalue weighted by molar-refractivity contribution is 5.78. The Morgan fingerprint density at radius 1 is 1.00 bits per heavy atom. The standard InChI is InChI=1S/C18H26O.H3N/c19-18(15-17-12-5-2-6-13-17)14-8-7-11-16-9-3-1-4-10-16;/h1,3-4,9-10,17H,2,5-8,11-15H2;1H3. The first-order valence-electron chi connectivity index (χ1n) is 7.90. The molecule has 2 nitrogen and oxygen atoms in total. The first-order chi connectivity index (χ1) is 9.34. The predicted molar refractivity (Wildman–Crippen MR) is 85.2 cm³/mol. The van der Waals surface area contributed by atoms with Crippen LogP contribution in [0, 0.1) is 5.92 Å². The Bertz CT molecular complexity index is 368. The summed E-state index contributed by atoms with van der Waals surface area (Å²) >= 11 is 0. The maximum atomic E-state index is 11.9. The normalized spacial score (nSPS) is 15.6. The molecule has 2 rings (SSSR count). The molecule has 1 fully saturated rings. The van der Waals surface area contributed by atoms with Crippen LogP contribution >= 0.6 is 0 Å². The van der Waals surface area contributed by atoms with E-state index in [0.717, 1.165) is 32.1 Å². The second kappa shape index (κ2) is 9.71. The van der Waals surface area contributed by atoms with Crippen LogP contribution in [0.1, 0.15) is 63.4 Å². The quantitative estimate of drug-likeness (QED) is 0.704. The lowest BCUT2D eigenvalue weighted by Gasteiger charge is -2.20. The molecule has 0 aliphatic heterocycles. The fraction of sp³-hybridized carbons (Fsp3) is 0.611. The molecule has 0 spiro atoms. The summed E-state index contributed by atoms with van der Waals surface area (Å²) in [6.45, 7) is 0. The number of carbonyl (C=O) groups excluding carboxylic acids is 1. The Labute approximate surface area is 123 Å². The number of hydrogen-bond donors (Lipinski definition) is 1. The molecule has 0 amide bonds. The number of aryl methyl sites for hydroxylation is 1. The Balaban J connectivity index is 0.00000200. The molecule has 2 heteroatoms. The number of unbranched alkanes of at least 4 members (excludes halogenated alkanes) is 1. The average Bonchev–Trinajstić information content (AvgIpc) is 2.46. The van der Waals surface area contributed by atoms with Crippen molar-refractivity contribution >= 4 is 5.78 Å². The van der Waals surface area contributed by atoms with E-state index in [0.29, 0.717) is 11.7 Å². The van der Waals surface area contributed by atoms with E-state index in [1.54, 1.807) is 0 Å². The van der Waals surface area contributed by atoms with E-state index >= 15 is 0 Å². The van der Waals surface area contributed by atoms with Crippen molar-refractivity contribution in [2.24, 2.45) is 5.92 Å². The van der Waals surface area contributed by atoms with Crippen molar-refractivity contribution in [2.75, 3.05) is 0 Å². The molecule has 3 N–H and O–H groups in total. The largest absolute Gasteiger partial charge is 0.344 e. The highest BCUT2D eigenvalue weighted by Crippen LogP contribution is 2.27. The van der Waals surface area contributed by atoms with Gasteiger partial charge in [-0.05, 0) is 30.7 Å². The smallest absolute Gasteiger partial charge is 0.133 e. The zero-order valence-electron chi connectivity index (χ0n) is 12.7. The minimum atomic E-state index is 0. The predicted octanol–water partition coefficient (Wildman–Crippen LogP) is 5.10. The van der Waals surface area contributed by atoms with E-state index in [1.807, 2.05) is 0 Å². The average molecular weight is 275 g/mol. The van der Waals surface area contributed by atoms with E-state index in [4.69, 9.17) is 0 Å². The van der Waals surface area contributed by atoms with Crippen LogP contribution in [0.3, 0.4) is 0 Å². The van der Waals surface area contributed by atoms with Gasteiger partial charge >= 0.3 is 0 Å². The second-order valence-corrected chi connectivity index (χ2v) is 5.94. The van der Waals surface area contributed by atoms with Gasteiger partial charge < -0.3 is 6.15 Å². The first-order valence-corrected chi connectivity index (χ1v) is 7.90. The van der Waals surface area contributed by atoms with Gasteiger partial charge in [0, 0.05) is 12.8 Å². The van der Waals surface area contributed by atoms with E-state index in [-0.39, 0.29) is 6.15 Å². The second-order valence-electron chi connectivity index (χ2n) is 5.94. The summed E-state index contributed by atoms with van der Waals surface area (Å²) in [7, 11) is 0. The van der Waals surface area contributed by atoms with Crippen molar-refractivity contribution in [1.29, 1.82) is 0 Å². The molecule has 1 saturated carbocycles. The van der Waals surface area contributed by atoms with Crippen LogP contribution in [0.5, 0.6) is 0 Å². The lowest BCUT2D eigenvalue weighted by Crippen LogP contribution is -2.11. The Morgan fingerprint density at radius 3 is 2.40 bits per heavy atom. The van der Waals surface area contributed by atoms with Crippen molar-refractivity contribution in [3.05, 3.63) is 35.9 Å². The molecule has 1 aliphatic rings. The molecule has 0 bridgehead atoms. The number of rotatable bonds is 7. The molecule has 0 saturated heterocycles. The van der Waals surface area contributed by atoms with Crippen LogP contribution in [0.4, 0.5) is 0 Å². The Hall–Kier alpha value is -1.15. The van der Waals surface area contributed by atoms with Gasteiger partial charge in [-0.3, -0.25) is 4.79 Å². The number of Topliss-reactive ketones (excluding diaryl/α,β-unsaturated/α-hetero) is 1. The maximum absolute atomic E-state index is 11.9. The Kier molecular flexibility index (Phi) is 8.20. The SMILES string of the molecule is N.O=C(CCCCc1ccccc1)CC1CCCCC1. The van der Waals surface area contributed by atoms with Crippen molar-refractivity contribution in [1.82, 2.24) is 6.15 Å². The van der Waals surface area contributed by atoms with Crippen LogP contribution in [0.15, 0.2) is 30.3 Å². The number of ketones is 1. The van der Waals surface area contributed by atoms with Crippen molar-refractivity contribution in [3.8, 4) is 0 Å². The van der Waals surface area contributed by atoms with Crippen LogP contribution in [-0.2, 0) is 11.2 Å².